The average Bonchev–Trinajstić information content (AvgIpc) is 2.74. The predicted octanol–water partition coefficient (Wildman–Crippen LogP) is 1.89. The Morgan fingerprint density at radius 1 is 1.11 bits per heavy atom. The molecule has 1 aromatic heterocycles. The van der Waals surface area contributed by atoms with E-state index in [1.165, 1.54) is 6.33 Å². The van der Waals surface area contributed by atoms with Gasteiger partial charge < -0.3 is 24.6 Å². The summed E-state index contributed by atoms with van der Waals surface area (Å²) in [5.74, 6) is 1.63. The van der Waals surface area contributed by atoms with Crippen molar-refractivity contribution in [2.24, 2.45) is 0 Å². The largest absolute Gasteiger partial charge is 0.497 e. The molecule has 2 heterocycles. The lowest BCUT2D eigenvalue weighted by molar-refractivity contribution is 0.102. The van der Waals surface area contributed by atoms with Crippen molar-refractivity contribution in [2.45, 2.75) is 6.92 Å². The Kier molecular flexibility index (Phi) is 6.08. The zero-order valence-electron chi connectivity index (χ0n) is 15.9. The maximum Gasteiger partial charge on any atom is 0.274 e. The van der Waals surface area contributed by atoms with Crippen LogP contribution in [0.4, 0.5) is 11.5 Å². The first-order valence-corrected chi connectivity index (χ1v) is 8.97. The second kappa shape index (κ2) is 8.68. The molecule has 0 radical (unpaired) electrons. The minimum Gasteiger partial charge on any atom is -0.497 e. The summed E-state index contributed by atoms with van der Waals surface area (Å²) in [7, 11) is 3.12. The summed E-state index contributed by atoms with van der Waals surface area (Å²) in [5.41, 5.74) is 0.871. The van der Waals surface area contributed by atoms with Crippen LogP contribution in [0.1, 0.15) is 17.4 Å². The Balaban J connectivity index is 1.72. The number of anilines is 2. The van der Waals surface area contributed by atoms with E-state index in [1.54, 1.807) is 38.5 Å². The molecule has 3 rings (SSSR count). The van der Waals surface area contributed by atoms with Gasteiger partial charge in [0.05, 0.1) is 19.9 Å². The van der Waals surface area contributed by atoms with Gasteiger partial charge in [0.1, 0.15) is 29.3 Å². The number of hydrogen-bond acceptors (Lipinski definition) is 7. The predicted molar refractivity (Wildman–Crippen MR) is 104 cm³/mol. The van der Waals surface area contributed by atoms with Gasteiger partial charge in [-0.2, -0.15) is 0 Å². The Labute approximate surface area is 159 Å². The van der Waals surface area contributed by atoms with E-state index in [2.05, 4.69) is 32.0 Å². The molecule has 0 bridgehead atoms. The fraction of sp³-hybridized carbons (Fsp3) is 0.421. The van der Waals surface area contributed by atoms with Gasteiger partial charge in [0.2, 0.25) is 0 Å². The molecule has 2 aromatic rings. The smallest absolute Gasteiger partial charge is 0.274 e. The van der Waals surface area contributed by atoms with Crippen LogP contribution in [0.2, 0.25) is 0 Å². The molecule has 1 fully saturated rings. The maximum atomic E-state index is 12.7. The van der Waals surface area contributed by atoms with Crippen molar-refractivity contribution < 1.29 is 14.3 Å². The van der Waals surface area contributed by atoms with Crippen LogP contribution in [-0.2, 0) is 0 Å². The van der Waals surface area contributed by atoms with Gasteiger partial charge in [-0.3, -0.25) is 4.79 Å². The maximum absolute atomic E-state index is 12.7. The topological polar surface area (TPSA) is 79.8 Å². The van der Waals surface area contributed by atoms with Crippen LogP contribution in [0.25, 0.3) is 0 Å². The molecule has 0 aliphatic carbocycles. The summed E-state index contributed by atoms with van der Waals surface area (Å²) in [6, 6.07) is 6.94. The molecule has 0 atom stereocenters. The van der Waals surface area contributed by atoms with Crippen LogP contribution < -0.4 is 19.7 Å². The minimum absolute atomic E-state index is 0.311. The number of nitrogens with zero attached hydrogens (tertiary/aromatic N) is 4. The van der Waals surface area contributed by atoms with E-state index in [9.17, 15) is 4.79 Å². The number of rotatable bonds is 6. The van der Waals surface area contributed by atoms with E-state index in [4.69, 9.17) is 9.47 Å². The molecule has 1 aromatic carbocycles. The van der Waals surface area contributed by atoms with E-state index >= 15 is 0 Å². The number of methoxy groups -OCH3 is 2. The van der Waals surface area contributed by atoms with Gasteiger partial charge >= 0.3 is 0 Å². The number of carbonyl (C=O) groups excluding carboxylic acids is 1. The first-order valence-electron chi connectivity index (χ1n) is 8.97. The van der Waals surface area contributed by atoms with E-state index in [-0.39, 0.29) is 5.91 Å². The molecule has 1 N–H and O–H groups in total. The van der Waals surface area contributed by atoms with Crippen LogP contribution in [0.15, 0.2) is 30.6 Å². The second-order valence-corrected chi connectivity index (χ2v) is 6.20. The third kappa shape index (κ3) is 4.46. The first-order chi connectivity index (χ1) is 13.1. The highest BCUT2D eigenvalue weighted by molar-refractivity contribution is 6.04. The summed E-state index contributed by atoms with van der Waals surface area (Å²) >= 11 is 0. The fourth-order valence-electron chi connectivity index (χ4n) is 3.03. The number of amides is 1. The summed E-state index contributed by atoms with van der Waals surface area (Å²) in [6.07, 6.45) is 1.43. The molecule has 8 heteroatoms. The van der Waals surface area contributed by atoms with E-state index in [0.717, 1.165) is 38.5 Å². The van der Waals surface area contributed by atoms with Crippen molar-refractivity contribution in [2.75, 3.05) is 57.2 Å². The third-order valence-corrected chi connectivity index (χ3v) is 4.69. The van der Waals surface area contributed by atoms with Gasteiger partial charge in [-0.15, -0.1) is 0 Å². The summed E-state index contributed by atoms with van der Waals surface area (Å²) in [6.45, 7) is 6.97. The van der Waals surface area contributed by atoms with Gasteiger partial charge in [0.25, 0.3) is 5.91 Å². The monoisotopic (exact) mass is 371 g/mol. The van der Waals surface area contributed by atoms with Crippen LogP contribution in [0.5, 0.6) is 11.5 Å². The van der Waals surface area contributed by atoms with Crippen LogP contribution >= 0.6 is 0 Å². The lowest BCUT2D eigenvalue weighted by atomic mass is 10.2. The summed E-state index contributed by atoms with van der Waals surface area (Å²) in [4.78, 5) is 25.7. The Hall–Kier alpha value is -2.87. The number of likely N-dealkylation sites (N-methyl/N-ethyl adjacent to an activating group) is 1. The summed E-state index contributed by atoms with van der Waals surface area (Å²) in [5, 5.41) is 2.84. The number of ether oxygens (including phenoxy) is 2. The van der Waals surface area contributed by atoms with Crippen LogP contribution in [-0.4, -0.2) is 67.7 Å². The number of nitrogens with one attached hydrogen (secondary N) is 1. The van der Waals surface area contributed by atoms with E-state index in [0.29, 0.717) is 22.9 Å². The number of piperazine rings is 1. The molecule has 1 aliphatic rings. The van der Waals surface area contributed by atoms with Gasteiger partial charge in [-0.25, -0.2) is 9.97 Å². The normalized spacial score (nSPS) is 14.7. The van der Waals surface area contributed by atoms with E-state index in [1.807, 2.05) is 0 Å². The van der Waals surface area contributed by atoms with Gasteiger partial charge in [-0.1, -0.05) is 6.92 Å². The Bertz CT molecular complexity index is 791. The third-order valence-electron chi connectivity index (χ3n) is 4.69. The first kappa shape index (κ1) is 18.9. The number of carbonyl (C=O) groups is 1. The quantitative estimate of drug-likeness (QED) is 0.830. The Morgan fingerprint density at radius 2 is 1.89 bits per heavy atom. The van der Waals surface area contributed by atoms with Crippen LogP contribution in [0, 0.1) is 0 Å². The molecule has 0 saturated carbocycles. The van der Waals surface area contributed by atoms with Crippen LogP contribution in [0.3, 0.4) is 0 Å². The lowest BCUT2D eigenvalue weighted by Crippen LogP contribution is -2.46. The molecule has 27 heavy (non-hydrogen) atoms. The van der Waals surface area contributed by atoms with Crippen molar-refractivity contribution in [3.05, 3.63) is 36.3 Å². The van der Waals surface area contributed by atoms with Gasteiger partial charge in [0, 0.05) is 38.3 Å². The molecular weight excluding hydrogens is 346 g/mol. The van der Waals surface area contributed by atoms with Gasteiger partial charge in [-0.05, 0) is 18.7 Å². The van der Waals surface area contributed by atoms with Crippen molar-refractivity contribution in [1.29, 1.82) is 0 Å². The number of aromatic nitrogens is 2. The highest BCUT2D eigenvalue weighted by Gasteiger charge is 2.19. The highest BCUT2D eigenvalue weighted by atomic mass is 16.5. The molecule has 1 aliphatic heterocycles. The standard InChI is InChI=1S/C19H25N5O3/c1-4-23-7-9-24(10-8-23)18-12-16(20-13-21-18)19(25)22-15-6-5-14(26-2)11-17(15)27-3/h5-6,11-13H,4,7-10H2,1-3H3,(H,22,25). The molecule has 144 valence electrons. The average molecular weight is 371 g/mol. The van der Waals surface area contributed by atoms with Crippen molar-refractivity contribution >= 4 is 17.4 Å². The van der Waals surface area contributed by atoms with Gasteiger partial charge in [0.15, 0.2) is 0 Å². The molecule has 1 amide bonds. The van der Waals surface area contributed by atoms with Crippen molar-refractivity contribution in [1.82, 2.24) is 14.9 Å². The molecule has 8 nitrogen and oxygen atoms in total. The zero-order chi connectivity index (χ0) is 19.2. The lowest BCUT2D eigenvalue weighted by Gasteiger charge is -2.34. The highest BCUT2D eigenvalue weighted by Crippen LogP contribution is 2.29. The fourth-order valence-corrected chi connectivity index (χ4v) is 3.03. The molecule has 1 saturated heterocycles. The zero-order valence-corrected chi connectivity index (χ0v) is 15.9. The summed E-state index contributed by atoms with van der Waals surface area (Å²) < 4.78 is 10.5. The van der Waals surface area contributed by atoms with E-state index < -0.39 is 0 Å². The number of benzene rings is 1. The molecule has 0 unspecified atom stereocenters. The molecular formula is C19H25N5O3. The molecule has 0 spiro atoms. The number of hydrogen-bond donors (Lipinski definition) is 1. The Morgan fingerprint density at radius 3 is 2.56 bits per heavy atom. The van der Waals surface area contributed by atoms with Crippen molar-refractivity contribution in [3.8, 4) is 11.5 Å². The second-order valence-electron chi connectivity index (χ2n) is 6.20. The minimum atomic E-state index is -0.311. The van der Waals surface area contributed by atoms with Crippen molar-refractivity contribution in [3.63, 3.8) is 0 Å². The SMILES string of the molecule is CCN1CCN(c2cc(C(=O)Nc3ccc(OC)cc3OC)ncn2)CC1.